The molecule has 0 fully saturated rings. The molecule has 0 aliphatic heterocycles. The predicted molar refractivity (Wildman–Crippen MR) is 65.0 cm³/mol. The summed E-state index contributed by atoms with van der Waals surface area (Å²) in [7, 11) is 1.91. The van der Waals surface area contributed by atoms with Gasteiger partial charge in [-0.3, -0.25) is 0 Å². The smallest absolute Gasteiger partial charge is 0.186 e. The zero-order valence-electron chi connectivity index (χ0n) is 8.27. The molecule has 0 aliphatic carbocycles. The summed E-state index contributed by atoms with van der Waals surface area (Å²) in [5.41, 5.74) is 0.948. The summed E-state index contributed by atoms with van der Waals surface area (Å²) in [6, 6.07) is 5.65. The first-order valence-corrected chi connectivity index (χ1v) is 5.78. The zero-order valence-corrected chi connectivity index (χ0v) is 9.85. The Balaban J connectivity index is 2.38. The van der Waals surface area contributed by atoms with Crippen LogP contribution in [0.4, 0.5) is 5.13 Å². The van der Waals surface area contributed by atoms with Gasteiger partial charge in [0.05, 0.1) is 16.8 Å². The van der Waals surface area contributed by atoms with Crippen LogP contribution in [0.1, 0.15) is 0 Å². The molecule has 1 heterocycles. The predicted octanol–water partition coefficient (Wildman–Crippen LogP) is 2.38. The number of hydrogen-bond donors (Lipinski definition) is 1. The maximum absolute atomic E-state index is 8.83. The highest BCUT2D eigenvalue weighted by Crippen LogP contribution is 2.29. The molecule has 2 rings (SSSR count). The van der Waals surface area contributed by atoms with Crippen LogP contribution in [0.15, 0.2) is 18.2 Å². The van der Waals surface area contributed by atoms with Gasteiger partial charge >= 0.3 is 0 Å². The number of anilines is 1. The van der Waals surface area contributed by atoms with Gasteiger partial charge in [-0.15, -0.1) is 0 Å². The maximum Gasteiger partial charge on any atom is 0.186 e. The SMILES string of the molecule is CN(CCO)c1nc2ccc(Cl)cc2s1. The van der Waals surface area contributed by atoms with Crippen LogP contribution in [-0.4, -0.2) is 30.3 Å². The molecule has 0 unspecified atom stereocenters. The number of benzene rings is 1. The molecule has 0 atom stereocenters. The Hall–Kier alpha value is -0.840. The van der Waals surface area contributed by atoms with Gasteiger partial charge in [-0.25, -0.2) is 4.98 Å². The normalized spacial score (nSPS) is 10.9. The van der Waals surface area contributed by atoms with E-state index in [0.29, 0.717) is 6.54 Å². The minimum absolute atomic E-state index is 0.132. The van der Waals surface area contributed by atoms with E-state index in [0.717, 1.165) is 20.4 Å². The van der Waals surface area contributed by atoms with Crippen LogP contribution in [0.5, 0.6) is 0 Å². The summed E-state index contributed by atoms with van der Waals surface area (Å²) in [5, 5.41) is 10.5. The fourth-order valence-electron chi connectivity index (χ4n) is 1.30. The average molecular weight is 243 g/mol. The first kappa shape index (κ1) is 10.7. The van der Waals surface area contributed by atoms with Gasteiger partial charge in [0.1, 0.15) is 0 Å². The van der Waals surface area contributed by atoms with Gasteiger partial charge in [0.2, 0.25) is 0 Å². The Morgan fingerprint density at radius 2 is 2.33 bits per heavy atom. The highest BCUT2D eigenvalue weighted by Gasteiger charge is 2.07. The molecule has 5 heteroatoms. The summed E-state index contributed by atoms with van der Waals surface area (Å²) in [6.45, 7) is 0.723. The highest BCUT2D eigenvalue weighted by atomic mass is 35.5. The van der Waals surface area contributed by atoms with Gasteiger partial charge < -0.3 is 10.0 Å². The third kappa shape index (κ3) is 2.22. The third-order valence-electron chi connectivity index (χ3n) is 2.10. The number of likely N-dealkylation sites (N-methyl/N-ethyl adjacent to an activating group) is 1. The standard InChI is InChI=1S/C10H11ClN2OS/c1-13(4-5-14)10-12-8-3-2-7(11)6-9(8)15-10/h2-3,6,14H,4-5H2,1H3. The number of aliphatic hydroxyl groups is 1. The van der Waals surface area contributed by atoms with Gasteiger partial charge in [-0.2, -0.15) is 0 Å². The number of halogens is 1. The van der Waals surface area contributed by atoms with Crippen molar-refractivity contribution in [1.82, 2.24) is 4.98 Å². The van der Waals surface area contributed by atoms with Gasteiger partial charge in [-0.05, 0) is 18.2 Å². The maximum atomic E-state index is 8.83. The Morgan fingerprint density at radius 3 is 3.07 bits per heavy atom. The van der Waals surface area contributed by atoms with E-state index in [-0.39, 0.29) is 6.61 Å². The second-order valence-corrected chi connectivity index (χ2v) is 4.70. The van der Waals surface area contributed by atoms with E-state index in [2.05, 4.69) is 4.98 Å². The number of aromatic nitrogens is 1. The fraction of sp³-hybridized carbons (Fsp3) is 0.300. The average Bonchev–Trinajstić information content (AvgIpc) is 2.60. The molecule has 1 aromatic carbocycles. The molecule has 2 aromatic rings. The monoisotopic (exact) mass is 242 g/mol. The van der Waals surface area contributed by atoms with Gasteiger partial charge in [-0.1, -0.05) is 22.9 Å². The van der Waals surface area contributed by atoms with E-state index in [1.54, 1.807) is 11.3 Å². The van der Waals surface area contributed by atoms with Gasteiger partial charge in [0, 0.05) is 18.6 Å². The quantitative estimate of drug-likeness (QED) is 0.898. The number of hydrogen-bond acceptors (Lipinski definition) is 4. The van der Waals surface area contributed by atoms with Crippen LogP contribution in [0.3, 0.4) is 0 Å². The lowest BCUT2D eigenvalue weighted by atomic mass is 10.3. The zero-order chi connectivity index (χ0) is 10.8. The van der Waals surface area contributed by atoms with Crippen LogP contribution < -0.4 is 4.90 Å². The number of thiazole rings is 1. The van der Waals surface area contributed by atoms with Crippen molar-refractivity contribution in [3.8, 4) is 0 Å². The van der Waals surface area contributed by atoms with Crippen molar-refractivity contribution in [2.24, 2.45) is 0 Å². The molecular weight excluding hydrogens is 232 g/mol. The molecule has 80 valence electrons. The van der Waals surface area contributed by atoms with Crippen molar-refractivity contribution in [3.05, 3.63) is 23.2 Å². The minimum atomic E-state index is 0.132. The fourth-order valence-corrected chi connectivity index (χ4v) is 2.52. The second-order valence-electron chi connectivity index (χ2n) is 3.25. The van der Waals surface area contributed by atoms with E-state index in [4.69, 9.17) is 16.7 Å². The van der Waals surface area contributed by atoms with Gasteiger partial charge in [0.25, 0.3) is 0 Å². The van der Waals surface area contributed by atoms with Crippen LogP contribution in [0.2, 0.25) is 5.02 Å². The molecule has 0 saturated carbocycles. The summed E-state index contributed by atoms with van der Waals surface area (Å²) in [4.78, 5) is 6.38. The largest absolute Gasteiger partial charge is 0.395 e. The Morgan fingerprint density at radius 1 is 1.53 bits per heavy atom. The van der Waals surface area contributed by atoms with Crippen molar-refractivity contribution in [1.29, 1.82) is 0 Å². The molecule has 0 saturated heterocycles. The molecule has 1 aromatic heterocycles. The molecule has 1 N–H and O–H groups in total. The number of rotatable bonds is 3. The Kier molecular flexibility index (Phi) is 3.09. The lowest BCUT2D eigenvalue weighted by Gasteiger charge is -2.12. The van der Waals surface area contributed by atoms with E-state index in [1.807, 2.05) is 30.1 Å². The summed E-state index contributed by atoms with van der Waals surface area (Å²) in [5.74, 6) is 0. The van der Waals surface area contributed by atoms with Crippen molar-refractivity contribution in [2.75, 3.05) is 25.1 Å². The van der Waals surface area contributed by atoms with Crippen LogP contribution in [-0.2, 0) is 0 Å². The van der Waals surface area contributed by atoms with E-state index in [1.165, 1.54) is 0 Å². The second kappa shape index (κ2) is 4.35. The van der Waals surface area contributed by atoms with E-state index < -0.39 is 0 Å². The number of aliphatic hydroxyl groups excluding tert-OH is 1. The van der Waals surface area contributed by atoms with Crippen LogP contribution in [0.25, 0.3) is 10.2 Å². The molecule has 0 radical (unpaired) electrons. The van der Waals surface area contributed by atoms with E-state index in [9.17, 15) is 0 Å². The Labute approximate surface area is 96.9 Å². The Bertz CT molecular complexity index is 471. The summed E-state index contributed by atoms with van der Waals surface area (Å²) in [6.07, 6.45) is 0. The molecular formula is C10H11ClN2OS. The lowest BCUT2D eigenvalue weighted by molar-refractivity contribution is 0.304. The van der Waals surface area contributed by atoms with Crippen molar-refractivity contribution in [2.45, 2.75) is 0 Å². The first-order valence-electron chi connectivity index (χ1n) is 4.59. The number of nitrogens with zero attached hydrogens (tertiary/aromatic N) is 2. The first-order chi connectivity index (χ1) is 7.20. The van der Waals surface area contributed by atoms with E-state index >= 15 is 0 Å². The van der Waals surface area contributed by atoms with Crippen molar-refractivity contribution in [3.63, 3.8) is 0 Å². The molecule has 0 amide bonds. The summed E-state index contributed by atoms with van der Waals surface area (Å²) >= 11 is 7.47. The van der Waals surface area contributed by atoms with Crippen molar-refractivity contribution >= 4 is 38.3 Å². The minimum Gasteiger partial charge on any atom is -0.395 e. The third-order valence-corrected chi connectivity index (χ3v) is 3.47. The molecule has 0 aliphatic rings. The summed E-state index contributed by atoms with van der Waals surface area (Å²) < 4.78 is 1.07. The topological polar surface area (TPSA) is 36.4 Å². The molecule has 3 nitrogen and oxygen atoms in total. The highest BCUT2D eigenvalue weighted by molar-refractivity contribution is 7.22. The molecule has 0 spiro atoms. The molecule has 15 heavy (non-hydrogen) atoms. The van der Waals surface area contributed by atoms with Crippen LogP contribution in [0, 0.1) is 0 Å². The van der Waals surface area contributed by atoms with Gasteiger partial charge in [0.15, 0.2) is 5.13 Å². The molecule has 0 bridgehead atoms. The number of fused-ring (bicyclic) bond motifs is 1. The lowest BCUT2D eigenvalue weighted by Crippen LogP contribution is -2.20. The van der Waals surface area contributed by atoms with Crippen molar-refractivity contribution < 1.29 is 5.11 Å². The van der Waals surface area contributed by atoms with Crippen LogP contribution >= 0.6 is 22.9 Å².